The molecule has 1 aliphatic carbocycles. The van der Waals surface area contributed by atoms with E-state index in [0.29, 0.717) is 12.8 Å². The summed E-state index contributed by atoms with van der Waals surface area (Å²) in [5.74, 6) is -0.484. The first-order valence-electron chi connectivity index (χ1n) is 5.04. The van der Waals surface area contributed by atoms with E-state index in [1.165, 1.54) is 6.07 Å². The second kappa shape index (κ2) is 4.09. The first-order chi connectivity index (χ1) is 7.59. The fraction of sp³-hybridized carbons (Fsp3) is 0.364. The van der Waals surface area contributed by atoms with E-state index in [4.69, 9.17) is 5.11 Å². The maximum Gasteiger partial charge on any atom is 0.404 e. The van der Waals surface area contributed by atoms with Crippen molar-refractivity contribution >= 4 is 6.09 Å². The van der Waals surface area contributed by atoms with Gasteiger partial charge in [-0.05, 0) is 24.5 Å². The number of carbonyl (C=O) groups is 1. The summed E-state index contributed by atoms with van der Waals surface area (Å²) < 4.78 is 13.5. The van der Waals surface area contributed by atoms with Crippen molar-refractivity contribution in [3.8, 4) is 0 Å². The number of amides is 1. The van der Waals surface area contributed by atoms with Gasteiger partial charge in [-0.2, -0.15) is 0 Å². The molecule has 0 spiro atoms. The molecule has 0 unspecified atom stereocenters. The van der Waals surface area contributed by atoms with Crippen LogP contribution >= 0.6 is 0 Å². The van der Waals surface area contributed by atoms with Crippen molar-refractivity contribution in [1.82, 2.24) is 5.32 Å². The van der Waals surface area contributed by atoms with Gasteiger partial charge in [-0.15, -0.1) is 0 Å². The highest BCUT2D eigenvalue weighted by Gasteiger charge is 2.31. The molecule has 0 bridgehead atoms. The molecule has 4 nitrogen and oxygen atoms in total. The second-order valence-electron chi connectivity index (χ2n) is 3.85. The standard InChI is InChI=1S/C11H12FNO3/c12-7-3-1-2-6-4-5-8(13-11(15)16)10(14)9(6)7/h1-3,8,10,13-14H,4-5H2,(H,15,16)/t8-,10-/m0/s1. The number of hydrogen-bond acceptors (Lipinski definition) is 2. The van der Waals surface area contributed by atoms with Crippen LogP contribution in [-0.4, -0.2) is 22.3 Å². The first kappa shape index (κ1) is 10.9. The van der Waals surface area contributed by atoms with Crippen molar-refractivity contribution in [2.45, 2.75) is 25.0 Å². The van der Waals surface area contributed by atoms with Crippen molar-refractivity contribution < 1.29 is 19.4 Å². The summed E-state index contributed by atoms with van der Waals surface area (Å²) in [7, 11) is 0. The summed E-state index contributed by atoms with van der Waals surface area (Å²) in [6, 6.07) is 3.97. The smallest absolute Gasteiger partial charge is 0.404 e. The van der Waals surface area contributed by atoms with Gasteiger partial charge in [0.2, 0.25) is 0 Å². The summed E-state index contributed by atoms with van der Waals surface area (Å²) in [6.07, 6.45) is -1.27. The number of hydrogen-bond donors (Lipinski definition) is 3. The number of halogens is 1. The molecule has 3 N–H and O–H groups in total. The van der Waals surface area contributed by atoms with Crippen molar-refractivity contribution in [2.24, 2.45) is 0 Å². The molecule has 1 amide bonds. The minimum Gasteiger partial charge on any atom is -0.465 e. The molecule has 2 rings (SSSR count). The molecule has 1 aromatic carbocycles. The Morgan fingerprint density at radius 3 is 2.94 bits per heavy atom. The van der Waals surface area contributed by atoms with Crippen LogP contribution in [0.4, 0.5) is 9.18 Å². The topological polar surface area (TPSA) is 69.6 Å². The quantitative estimate of drug-likeness (QED) is 0.677. The third kappa shape index (κ3) is 1.86. The van der Waals surface area contributed by atoms with Crippen molar-refractivity contribution in [3.05, 3.63) is 35.1 Å². The van der Waals surface area contributed by atoms with Gasteiger partial charge in [-0.3, -0.25) is 0 Å². The van der Waals surface area contributed by atoms with Crippen molar-refractivity contribution in [3.63, 3.8) is 0 Å². The summed E-state index contributed by atoms with van der Waals surface area (Å²) in [4.78, 5) is 10.5. The number of rotatable bonds is 1. The molecule has 0 aliphatic heterocycles. The Labute approximate surface area is 91.7 Å². The van der Waals surface area contributed by atoms with Gasteiger partial charge in [0.1, 0.15) is 11.9 Å². The number of carboxylic acid groups (broad SMARTS) is 1. The third-order valence-corrected chi connectivity index (χ3v) is 2.85. The van der Waals surface area contributed by atoms with Gasteiger partial charge in [0, 0.05) is 5.56 Å². The molecule has 0 aromatic heterocycles. The molecule has 5 heteroatoms. The predicted octanol–water partition coefficient (Wildman–Crippen LogP) is 1.44. The number of benzene rings is 1. The van der Waals surface area contributed by atoms with Gasteiger partial charge in [-0.25, -0.2) is 9.18 Å². The lowest BCUT2D eigenvalue weighted by Gasteiger charge is -2.30. The fourth-order valence-corrected chi connectivity index (χ4v) is 2.11. The zero-order chi connectivity index (χ0) is 11.7. The number of fused-ring (bicyclic) bond motifs is 1. The van der Waals surface area contributed by atoms with Crippen LogP contribution in [0, 0.1) is 5.82 Å². The SMILES string of the molecule is O=C(O)N[C@H]1CCc2cccc(F)c2[C@H]1O. The van der Waals surface area contributed by atoms with Crippen LogP contribution in [0.25, 0.3) is 0 Å². The summed E-state index contributed by atoms with van der Waals surface area (Å²) in [5.41, 5.74) is 0.962. The van der Waals surface area contributed by atoms with Gasteiger partial charge in [0.15, 0.2) is 0 Å². The Morgan fingerprint density at radius 1 is 1.50 bits per heavy atom. The Kier molecular flexibility index (Phi) is 2.78. The summed E-state index contributed by atoms with van der Waals surface area (Å²) in [6.45, 7) is 0. The van der Waals surface area contributed by atoms with E-state index in [2.05, 4.69) is 5.32 Å². The van der Waals surface area contributed by atoms with E-state index in [1.807, 2.05) is 0 Å². The highest BCUT2D eigenvalue weighted by molar-refractivity contribution is 5.65. The highest BCUT2D eigenvalue weighted by Crippen LogP contribution is 2.31. The molecule has 16 heavy (non-hydrogen) atoms. The molecule has 0 saturated heterocycles. The largest absolute Gasteiger partial charge is 0.465 e. The lowest BCUT2D eigenvalue weighted by atomic mass is 9.85. The molecule has 86 valence electrons. The molecular formula is C11H12FNO3. The molecular weight excluding hydrogens is 213 g/mol. The Balaban J connectivity index is 2.30. The van der Waals surface area contributed by atoms with Gasteiger partial charge >= 0.3 is 6.09 Å². The van der Waals surface area contributed by atoms with Gasteiger partial charge < -0.3 is 15.5 Å². The number of aliphatic hydroxyl groups is 1. The van der Waals surface area contributed by atoms with Crippen LogP contribution in [0.2, 0.25) is 0 Å². The third-order valence-electron chi connectivity index (χ3n) is 2.85. The zero-order valence-corrected chi connectivity index (χ0v) is 8.48. The maximum atomic E-state index is 13.5. The molecule has 0 heterocycles. The average Bonchev–Trinajstić information content (AvgIpc) is 2.22. The Morgan fingerprint density at radius 2 is 2.25 bits per heavy atom. The fourth-order valence-electron chi connectivity index (χ4n) is 2.11. The van der Waals surface area contributed by atoms with Crippen LogP contribution in [0.1, 0.15) is 23.7 Å². The Bertz CT molecular complexity index is 422. The lowest BCUT2D eigenvalue weighted by molar-refractivity contribution is 0.105. The van der Waals surface area contributed by atoms with Crippen LogP contribution in [0.3, 0.4) is 0 Å². The molecule has 0 fully saturated rings. The molecule has 1 aromatic rings. The van der Waals surface area contributed by atoms with E-state index in [1.54, 1.807) is 12.1 Å². The molecule has 1 aliphatic rings. The number of nitrogens with one attached hydrogen (secondary N) is 1. The zero-order valence-electron chi connectivity index (χ0n) is 8.48. The van der Waals surface area contributed by atoms with E-state index in [0.717, 1.165) is 5.56 Å². The van der Waals surface area contributed by atoms with E-state index >= 15 is 0 Å². The minimum atomic E-state index is -1.20. The van der Waals surface area contributed by atoms with E-state index < -0.39 is 24.1 Å². The van der Waals surface area contributed by atoms with Crippen LogP contribution in [0.5, 0.6) is 0 Å². The van der Waals surface area contributed by atoms with E-state index in [-0.39, 0.29) is 5.56 Å². The highest BCUT2D eigenvalue weighted by atomic mass is 19.1. The average molecular weight is 225 g/mol. The van der Waals surface area contributed by atoms with Gasteiger partial charge in [0.05, 0.1) is 6.04 Å². The second-order valence-corrected chi connectivity index (χ2v) is 3.85. The van der Waals surface area contributed by atoms with Crippen molar-refractivity contribution in [1.29, 1.82) is 0 Å². The van der Waals surface area contributed by atoms with Crippen LogP contribution in [-0.2, 0) is 6.42 Å². The molecule has 0 saturated carbocycles. The normalized spacial score (nSPS) is 23.6. The number of aryl methyl sites for hydroxylation is 1. The van der Waals surface area contributed by atoms with Gasteiger partial charge in [0.25, 0.3) is 0 Å². The van der Waals surface area contributed by atoms with Crippen LogP contribution < -0.4 is 5.32 Å². The lowest BCUT2D eigenvalue weighted by Crippen LogP contribution is -2.41. The number of aliphatic hydroxyl groups excluding tert-OH is 1. The monoisotopic (exact) mass is 225 g/mol. The Hall–Kier alpha value is -1.62. The first-order valence-corrected chi connectivity index (χ1v) is 5.04. The minimum absolute atomic E-state index is 0.215. The summed E-state index contributed by atoms with van der Waals surface area (Å²) in [5, 5.41) is 20.7. The predicted molar refractivity (Wildman–Crippen MR) is 54.6 cm³/mol. The molecule has 0 radical (unpaired) electrons. The maximum absolute atomic E-state index is 13.5. The van der Waals surface area contributed by atoms with E-state index in [9.17, 15) is 14.3 Å². The van der Waals surface area contributed by atoms with Crippen LogP contribution in [0.15, 0.2) is 18.2 Å². The molecule has 2 atom stereocenters. The van der Waals surface area contributed by atoms with Gasteiger partial charge in [-0.1, -0.05) is 12.1 Å². The summed E-state index contributed by atoms with van der Waals surface area (Å²) >= 11 is 0. The van der Waals surface area contributed by atoms with Crippen molar-refractivity contribution in [2.75, 3.05) is 0 Å².